The second kappa shape index (κ2) is 4.58. The number of hydrogen-bond acceptors (Lipinski definition) is 4. The molecule has 1 heterocycles. The highest BCUT2D eigenvalue weighted by atomic mass is 19.4. The zero-order valence-electron chi connectivity index (χ0n) is 9.82. The molecular weight excluding hydrogens is 263 g/mol. The molecule has 0 radical (unpaired) electrons. The smallest absolute Gasteiger partial charge is 0.416 e. The topological polar surface area (TPSA) is 65.5 Å². The molecule has 1 aromatic heterocycles. The van der Waals surface area contributed by atoms with Crippen LogP contribution in [-0.2, 0) is 15.7 Å². The fourth-order valence-corrected chi connectivity index (χ4v) is 1.64. The van der Waals surface area contributed by atoms with Gasteiger partial charge >= 0.3 is 12.1 Å². The number of esters is 1. The lowest BCUT2D eigenvalue weighted by molar-refractivity contribution is -0.142. The van der Waals surface area contributed by atoms with Crippen molar-refractivity contribution < 1.29 is 27.1 Å². The van der Waals surface area contributed by atoms with Crippen molar-refractivity contribution in [3.8, 4) is 0 Å². The minimum Gasteiger partial charge on any atom is -0.468 e. The standard InChI is InChI=1S/C12H10F3NO3/c1-18-11(17)10(16)9-5-6-4-7(12(13,14)15)2-3-8(6)19-9/h2-5,10H,16H2,1H3. The highest BCUT2D eigenvalue weighted by Gasteiger charge is 2.31. The van der Waals surface area contributed by atoms with Gasteiger partial charge in [-0.15, -0.1) is 0 Å². The van der Waals surface area contributed by atoms with Crippen molar-refractivity contribution in [2.75, 3.05) is 7.11 Å². The second-order valence-electron chi connectivity index (χ2n) is 3.90. The number of ether oxygens (including phenoxy) is 1. The maximum atomic E-state index is 12.5. The van der Waals surface area contributed by atoms with Crippen LogP contribution in [0.4, 0.5) is 13.2 Å². The summed E-state index contributed by atoms with van der Waals surface area (Å²) in [6.07, 6.45) is -4.43. The summed E-state index contributed by atoms with van der Waals surface area (Å²) >= 11 is 0. The molecule has 2 aromatic rings. The summed E-state index contributed by atoms with van der Waals surface area (Å²) in [5.74, 6) is -0.670. The third-order valence-corrected chi connectivity index (χ3v) is 2.62. The summed E-state index contributed by atoms with van der Waals surface area (Å²) in [6, 6.07) is 3.16. The van der Waals surface area contributed by atoms with Gasteiger partial charge in [-0.3, -0.25) is 0 Å². The highest BCUT2D eigenvalue weighted by Crippen LogP contribution is 2.33. The van der Waals surface area contributed by atoms with Crippen molar-refractivity contribution in [3.63, 3.8) is 0 Å². The number of furan rings is 1. The predicted molar refractivity (Wildman–Crippen MR) is 60.2 cm³/mol. The normalized spacial score (nSPS) is 13.5. The van der Waals surface area contributed by atoms with Gasteiger partial charge in [0.25, 0.3) is 0 Å². The Hall–Kier alpha value is -2.02. The minimum absolute atomic E-state index is 0.0566. The van der Waals surface area contributed by atoms with Crippen molar-refractivity contribution in [3.05, 3.63) is 35.6 Å². The molecule has 0 saturated carbocycles. The molecule has 2 N–H and O–H groups in total. The van der Waals surface area contributed by atoms with Gasteiger partial charge in [-0.1, -0.05) is 0 Å². The fourth-order valence-electron chi connectivity index (χ4n) is 1.64. The summed E-state index contributed by atoms with van der Waals surface area (Å²) < 4.78 is 47.3. The summed E-state index contributed by atoms with van der Waals surface area (Å²) in [5.41, 5.74) is 4.98. The van der Waals surface area contributed by atoms with Crippen LogP contribution < -0.4 is 5.73 Å². The maximum Gasteiger partial charge on any atom is 0.416 e. The Morgan fingerprint density at radius 1 is 1.37 bits per heavy atom. The van der Waals surface area contributed by atoms with E-state index in [2.05, 4.69) is 4.74 Å². The third kappa shape index (κ3) is 2.55. The Bertz CT molecular complexity index is 618. The number of fused-ring (bicyclic) bond motifs is 1. The number of carbonyl (C=O) groups is 1. The number of benzene rings is 1. The molecule has 0 spiro atoms. The number of rotatable bonds is 2. The van der Waals surface area contributed by atoms with E-state index in [1.807, 2.05) is 0 Å². The van der Waals surface area contributed by atoms with Gasteiger partial charge in [0.05, 0.1) is 12.7 Å². The van der Waals surface area contributed by atoms with Crippen LogP contribution >= 0.6 is 0 Å². The summed E-state index contributed by atoms with van der Waals surface area (Å²) in [7, 11) is 1.16. The van der Waals surface area contributed by atoms with Gasteiger partial charge in [-0.25, -0.2) is 4.79 Å². The monoisotopic (exact) mass is 273 g/mol. The van der Waals surface area contributed by atoms with Crippen LogP contribution in [0.1, 0.15) is 17.4 Å². The SMILES string of the molecule is COC(=O)C(N)c1cc2cc(C(F)(F)F)ccc2o1. The number of alkyl halides is 3. The maximum absolute atomic E-state index is 12.5. The Morgan fingerprint density at radius 3 is 2.63 bits per heavy atom. The average Bonchev–Trinajstić information content (AvgIpc) is 2.78. The van der Waals surface area contributed by atoms with E-state index in [1.54, 1.807) is 0 Å². The lowest BCUT2D eigenvalue weighted by atomic mass is 10.1. The molecule has 1 aromatic carbocycles. The van der Waals surface area contributed by atoms with E-state index in [4.69, 9.17) is 10.2 Å². The first-order valence-electron chi connectivity index (χ1n) is 5.27. The lowest BCUT2D eigenvalue weighted by Crippen LogP contribution is -2.21. The van der Waals surface area contributed by atoms with Gasteiger partial charge in [0.2, 0.25) is 0 Å². The van der Waals surface area contributed by atoms with E-state index in [1.165, 1.54) is 12.1 Å². The molecular formula is C12H10F3NO3. The first-order chi connectivity index (χ1) is 8.82. The Labute approximate surface area is 105 Å². The number of halogens is 3. The molecule has 7 heteroatoms. The van der Waals surface area contributed by atoms with Crippen LogP contribution in [0.25, 0.3) is 11.0 Å². The van der Waals surface area contributed by atoms with E-state index in [9.17, 15) is 18.0 Å². The Morgan fingerprint density at radius 2 is 2.05 bits per heavy atom. The number of nitrogens with two attached hydrogens (primary N) is 1. The van der Waals surface area contributed by atoms with E-state index >= 15 is 0 Å². The summed E-state index contributed by atoms with van der Waals surface area (Å²) in [4.78, 5) is 11.2. The lowest BCUT2D eigenvalue weighted by Gasteiger charge is -2.05. The number of hydrogen-bond donors (Lipinski definition) is 1. The predicted octanol–water partition coefficient (Wildman–Crippen LogP) is 2.62. The van der Waals surface area contributed by atoms with Gasteiger partial charge in [0, 0.05) is 5.39 Å². The van der Waals surface area contributed by atoms with Crippen LogP contribution in [0.3, 0.4) is 0 Å². The first kappa shape index (κ1) is 13.4. The average molecular weight is 273 g/mol. The minimum atomic E-state index is -4.43. The fraction of sp³-hybridized carbons (Fsp3) is 0.250. The molecule has 19 heavy (non-hydrogen) atoms. The molecule has 1 unspecified atom stereocenters. The van der Waals surface area contributed by atoms with Crippen molar-refractivity contribution in [1.82, 2.24) is 0 Å². The van der Waals surface area contributed by atoms with Crippen LogP contribution in [-0.4, -0.2) is 13.1 Å². The zero-order valence-corrected chi connectivity index (χ0v) is 9.82. The Balaban J connectivity index is 2.44. The molecule has 0 aliphatic heterocycles. The third-order valence-electron chi connectivity index (χ3n) is 2.62. The molecule has 1 atom stereocenters. The number of carbonyl (C=O) groups excluding carboxylic acids is 1. The van der Waals surface area contributed by atoms with E-state index in [0.29, 0.717) is 0 Å². The van der Waals surface area contributed by atoms with E-state index in [-0.39, 0.29) is 16.7 Å². The van der Waals surface area contributed by atoms with Crippen molar-refractivity contribution in [1.29, 1.82) is 0 Å². The molecule has 0 aliphatic carbocycles. The summed E-state index contributed by atoms with van der Waals surface area (Å²) in [5, 5.41) is 0.226. The molecule has 2 rings (SSSR count). The van der Waals surface area contributed by atoms with Gasteiger partial charge in [0.15, 0.2) is 6.04 Å². The highest BCUT2D eigenvalue weighted by molar-refractivity contribution is 5.82. The Kier molecular flexibility index (Phi) is 3.23. The molecule has 0 fully saturated rings. The zero-order chi connectivity index (χ0) is 14.2. The van der Waals surface area contributed by atoms with Gasteiger partial charge in [-0.2, -0.15) is 13.2 Å². The van der Waals surface area contributed by atoms with Crippen LogP contribution in [0.15, 0.2) is 28.7 Å². The quantitative estimate of drug-likeness (QED) is 0.854. The molecule has 102 valence electrons. The largest absolute Gasteiger partial charge is 0.468 e. The molecule has 0 aliphatic rings. The van der Waals surface area contributed by atoms with Crippen LogP contribution in [0.5, 0.6) is 0 Å². The van der Waals surface area contributed by atoms with Crippen molar-refractivity contribution >= 4 is 16.9 Å². The molecule has 0 bridgehead atoms. The molecule has 0 saturated heterocycles. The first-order valence-corrected chi connectivity index (χ1v) is 5.27. The van der Waals surface area contributed by atoms with Crippen LogP contribution in [0, 0.1) is 0 Å². The van der Waals surface area contributed by atoms with Gasteiger partial charge in [-0.05, 0) is 24.3 Å². The molecule has 4 nitrogen and oxygen atoms in total. The van der Waals surface area contributed by atoms with E-state index in [0.717, 1.165) is 19.2 Å². The van der Waals surface area contributed by atoms with Crippen molar-refractivity contribution in [2.24, 2.45) is 5.73 Å². The van der Waals surface area contributed by atoms with Crippen molar-refractivity contribution in [2.45, 2.75) is 12.2 Å². The van der Waals surface area contributed by atoms with Crippen LogP contribution in [0.2, 0.25) is 0 Å². The van der Waals surface area contributed by atoms with Gasteiger partial charge < -0.3 is 14.9 Å². The van der Waals surface area contributed by atoms with E-state index < -0.39 is 23.8 Å². The number of methoxy groups -OCH3 is 1. The summed E-state index contributed by atoms with van der Waals surface area (Å²) in [6.45, 7) is 0. The molecule has 0 amide bonds. The van der Waals surface area contributed by atoms with Gasteiger partial charge in [0.1, 0.15) is 11.3 Å². The second-order valence-corrected chi connectivity index (χ2v) is 3.90.